The van der Waals surface area contributed by atoms with Gasteiger partial charge in [-0.25, -0.2) is 5.43 Å². The van der Waals surface area contributed by atoms with E-state index >= 15 is 0 Å². The summed E-state index contributed by atoms with van der Waals surface area (Å²) >= 11 is 7.11. The van der Waals surface area contributed by atoms with Crippen LogP contribution in [0.4, 0.5) is 0 Å². The third-order valence-corrected chi connectivity index (χ3v) is 5.93. The Labute approximate surface area is 133 Å². The highest BCUT2D eigenvalue weighted by Crippen LogP contribution is 2.38. The Morgan fingerprint density at radius 2 is 2.20 bits per heavy atom. The highest BCUT2D eigenvalue weighted by atomic mass is 79.9. The largest absolute Gasteiger partial charge is 0.270 e. The first-order valence-corrected chi connectivity index (χ1v) is 8.76. The van der Waals surface area contributed by atoms with Crippen LogP contribution in [0.15, 0.2) is 28.2 Å². The average Bonchev–Trinajstić information content (AvgIpc) is 3.05. The first-order chi connectivity index (χ1) is 9.61. The van der Waals surface area contributed by atoms with Crippen molar-refractivity contribution in [2.75, 3.05) is 0 Å². The van der Waals surface area contributed by atoms with E-state index < -0.39 is 0 Å². The number of nitrogens with zero attached hydrogens (tertiary/aromatic N) is 2. The minimum atomic E-state index is -0.0566. The zero-order valence-electron chi connectivity index (χ0n) is 11.1. The van der Waals surface area contributed by atoms with E-state index in [1.165, 1.54) is 14.3 Å². The number of rotatable bonds is 4. The van der Waals surface area contributed by atoms with Gasteiger partial charge in [0.05, 0.1) is 22.4 Å². The predicted molar refractivity (Wildman–Crippen MR) is 89.2 cm³/mol. The number of fused-ring (bicyclic) bond motifs is 1. The van der Waals surface area contributed by atoms with E-state index in [9.17, 15) is 0 Å². The van der Waals surface area contributed by atoms with Gasteiger partial charge in [-0.3, -0.25) is 10.5 Å². The van der Waals surface area contributed by atoms with Crippen molar-refractivity contribution in [3.05, 3.63) is 38.8 Å². The molecule has 0 amide bonds. The van der Waals surface area contributed by atoms with Crippen molar-refractivity contribution >= 4 is 48.0 Å². The smallest absolute Gasteiger partial charge is 0.0982 e. The van der Waals surface area contributed by atoms with Crippen LogP contribution < -0.4 is 11.3 Å². The Bertz CT molecular complexity index is 699. The quantitative estimate of drug-likeness (QED) is 0.537. The van der Waals surface area contributed by atoms with Crippen LogP contribution in [0.3, 0.4) is 0 Å². The van der Waals surface area contributed by atoms with Crippen molar-refractivity contribution in [2.24, 2.45) is 5.84 Å². The second-order valence-corrected chi connectivity index (χ2v) is 7.73. The summed E-state index contributed by atoms with van der Waals surface area (Å²) < 4.78 is 5.59. The maximum Gasteiger partial charge on any atom is 0.0982 e. The third-order valence-electron chi connectivity index (χ3n) is 3.16. The van der Waals surface area contributed by atoms with Gasteiger partial charge in [-0.2, -0.15) is 5.10 Å². The molecule has 0 spiro atoms. The number of nitrogens with one attached hydrogen (secondary N) is 1. The molecule has 0 aliphatic rings. The lowest BCUT2D eigenvalue weighted by Crippen LogP contribution is -2.30. The summed E-state index contributed by atoms with van der Waals surface area (Å²) in [5.74, 6) is 5.82. The van der Waals surface area contributed by atoms with E-state index in [2.05, 4.69) is 57.8 Å². The van der Waals surface area contributed by atoms with Crippen LogP contribution in [-0.4, -0.2) is 9.78 Å². The number of nitrogens with two attached hydrogens (primary N) is 1. The average molecular weight is 371 g/mol. The molecule has 3 N–H and O–H groups in total. The van der Waals surface area contributed by atoms with E-state index in [4.69, 9.17) is 5.84 Å². The lowest BCUT2D eigenvalue weighted by molar-refractivity contribution is 0.477. The molecule has 0 bridgehead atoms. The molecule has 0 aliphatic heterocycles. The molecule has 1 atom stereocenters. The van der Waals surface area contributed by atoms with Crippen LogP contribution in [0.25, 0.3) is 9.40 Å². The van der Waals surface area contributed by atoms with Crippen LogP contribution in [-0.2, 0) is 0 Å². The van der Waals surface area contributed by atoms with Crippen molar-refractivity contribution in [1.29, 1.82) is 0 Å². The monoisotopic (exact) mass is 370 g/mol. The molecule has 4 nitrogen and oxygen atoms in total. The number of halogens is 1. The molecule has 3 aromatic rings. The molecule has 7 heteroatoms. The number of hydrazine groups is 1. The summed E-state index contributed by atoms with van der Waals surface area (Å²) in [5, 5.41) is 6.55. The molecule has 0 aromatic carbocycles. The normalized spacial score (nSPS) is 13.4. The van der Waals surface area contributed by atoms with Gasteiger partial charge in [0.25, 0.3) is 0 Å². The maximum absolute atomic E-state index is 5.82. The van der Waals surface area contributed by atoms with E-state index in [-0.39, 0.29) is 12.1 Å². The van der Waals surface area contributed by atoms with Gasteiger partial charge in [0.15, 0.2) is 0 Å². The van der Waals surface area contributed by atoms with Crippen molar-refractivity contribution in [3.8, 4) is 0 Å². The molecule has 0 fully saturated rings. The van der Waals surface area contributed by atoms with Gasteiger partial charge in [0, 0.05) is 20.3 Å². The molecule has 1 unspecified atom stereocenters. The van der Waals surface area contributed by atoms with Gasteiger partial charge < -0.3 is 0 Å². The minimum absolute atomic E-state index is 0.0566. The van der Waals surface area contributed by atoms with Crippen molar-refractivity contribution < 1.29 is 0 Å². The summed E-state index contributed by atoms with van der Waals surface area (Å²) in [5.41, 5.74) is 4.00. The Balaban J connectivity index is 2.10. The number of aromatic nitrogens is 2. The zero-order valence-corrected chi connectivity index (χ0v) is 14.3. The van der Waals surface area contributed by atoms with Gasteiger partial charge >= 0.3 is 0 Å². The highest BCUT2D eigenvalue weighted by molar-refractivity contribution is 9.10. The SMILES string of the molecule is CC(C)n1ncc(Br)c1C(NN)c1cc2sccc2s1. The molecule has 0 saturated heterocycles. The standard InChI is InChI=1S/C13H15BrN4S2/c1-7(2)18-13(8(14)6-16-18)12(17-15)11-5-10-9(20-11)3-4-19-10/h3-7,12,17H,15H2,1-2H3. The van der Waals surface area contributed by atoms with Crippen LogP contribution in [0.1, 0.15) is 36.5 Å². The third kappa shape index (κ3) is 2.33. The van der Waals surface area contributed by atoms with Gasteiger partial charge in [-0.15, -0.1) is 22.7 Å². The minimum Gasteiger partial charge on any atom is -0.270 e. The first-order valence-electron chi connectivity index (χ1n) is 6.27. The van der Waals surface area contributed by atoms with Gasteiger partial charge in [-0.1, -0.05) is 0 Å². The van der Waals surface area contributed by atoms with Crippen molar-refractivity contribution in [1.82, 2.24) is 15.2 Å². The molecule has 0 radical (unpaired) electrons. The zero-order chi connectivity index (χ0) is 14.3. The van der Waals surface area contributed by atoms with Crippen LogP contribution >= 0.6 is 38.6 Å². The summed E-state index contributed by atoms with van der Waals surface area (Å²) in [6, 6.07) is 4.59. The summed E-state index contributed by atoms with van der Waals surface area (Å²) in [6.45, 7) is 4.23. The lowest BCUT2D eigenvalue weighted by atomic mass is 10.1. The van der Waals surface area contributed by atoms with Crippen molar-refractivity contribution in [3.63, 3.8) is 0 Å². The fraction of sp³-hybridized carbons (Fsp3) is 0.308. The maximum atomic E-state index is 5.82. The molecule has 20 heavy (non-hydrogen) atoms. The Hall–Kier alpha value is -0.730. The van der Waals surface area contributed by atoms with Gasteiger partial charge in [0.1, 0.15) is 0 Å². The highest BCUT2D eigenvalue weighted by Gasteiger charge is 2.24. The van der Waals surface area contributed by atoms with Gasteiger partial charge in [0.2, 0.25) is 0 Å². The topological polar surface area (TPSA) is 55.9 Å². The lowest BCUT2D eigenvalue weighted by Gasteiger charge is -2.19. The molecule has 3 heterocycles. The number of thiophene rings is 2. The molecular formula is C13H15BrN4S2. The van der Waals surface area contributed by atoms with Crippen molar-refractivity contribution in [2.45, 2.75) is 25.9 Å². The van der Waals surface area contributed by atoms with Gasteiger partial charge in [-0.05, 0) is 47.3 Å². The number of hydrogen-bond donors (Lipinski definition) is 2. The molecule has 106 valence electrons. The fourth-order valence-corrected chi connectivity index (χ4v) is 4.94. The van der Waals surface area contributed by atoms with E-state index in [0.29, 0.717) is 0 Å². The Morgan fingerprint density at radius 1 is 1.40 bits per heavy atom. The Kier molecular flexibility index (Phi) is 3.96. The van der Waals surface area contributed by atoms with E-state index in [0.717, 1.165) is 10.2 Å². The molecular weight excluding hydrogens is 356 g/mol. The fourth-order valence-electron chi connectivity index (χ4n) is 2.25. The molecule has 3 rings (SSSR count). The van der Waals surface area contributed by atoms with Crippen LogP contribution in [0, 0.1) is 0 Å². The summed E-state index contributed by atoms with van der Waals surface area (Å²) in [7, 11) is 0. The Morgan fingerprint density at radius 3 is 2.85 bits per heavy atom. The number of hydrogen-bond acceptors (Lipinski definition) is 5. The molecule has 3 aromatic heterocycles. The van der Waals surface area contributed by atoms with Crippen LogP contribution in [0.5, 0.6) is 0 Å². The molecule has 0 aliphatic carbocycles. The van der Waals surface area contributed by atoms with E-state index in [1.807, 2.05) is 10.9 Å². The second-order valence-electron chi connectivity index (χ2n) is 4.81. The predicted octanol–water partition coefficient (Wildman–Crippen LogP) is 4.06. The first kappa shape index (κ1) is 14.2. The molecule has 0 saturated carbocycles. The van der Waals surface area contributed by atoms with Crippen LogP contribution in [0.2, 0.25) is 0 Å². The van der Waals surface area contributed by atoms with E-state index in [1.54, 1.807) is 22.7 Å². The summed E-state index contributed by atoms with van der Waals surface area (Å²) in [6.07, 6.45) is 1.83. The second kappa shape index (κ2) is 5.57. The summed E-state index contributed by atoms with van der Waals surface area (Å²) in [4.78, 5) is 1.21.